The van der Waals surface area contributed by atoms with Gasteiger partial charge in [-0.15, -0.1) is 0 Å². The fraction of sp³-hybridized carbons (Fsp3) is 0.385. The molecule has 0 radical (unpaired) electrons. The molecule has 0 unspecified atom stereocenters. The van der Waals surface area contributed by atoms with Crippen LogP contribution in [0.15, 0.2) is 42.5 Å². The zero-order valence-electron chi connectivity index (χ0n) is 8.48. The van der Waals surface area contributed by atoms with Gasteiger partial charge in [0.2, 0.25) is 0 Å². The lowest BCUT2D eigenvalue weighted by atomic mass is 10.0. The van der Waals surface area contributed by atoms with Gasteiger partial charge in [0, 0.05) is 0 Å². The summed E-state index contributed by atoms with van der Waals surface area (Å²) in [6.07, 6.45) is 0.781. The lowest BCUT2D eigenvalue weighted by molar-refractivity contribution is 0.149. The number of benzene rings is 1. The van der Waals surface area contributed by atoms with Crippen LogP contribution in [0.1, 0.15) is 25.0 Å². The molecule has 1 aliphatic rings. The topological polar surface area (TPSA) is 20.2 Å². The van der Waals surface area contributed by atoms with Gasteiger partial charge >= 0.3 is 0 Å². The molecule has 1 fully saturated rings. The van der Waals surface area contributed by atoms with Gasteiger partial charge in [-0.25, -0.2) is 0 Å². The van der Waals surface area contributed by atoms with Crippen LogP contribution in [0.3, 0.4) is 0 Å². The Morgan fingerprint density at radius 3 is 2.57 bits per heavy atom. The SMILES string of the molecule is C=C(C)[C@H]1C[C@@H]1[C@@H](O)c1ccccc1. The summed E-state index contributed by atoms with van der Waals surface area (Å²) < 4.78 is 0. The van der Waals surface area contributed by atoms with Crippen LogP contribution in [0.4, 0.5) is 0 Å². The normalized spacial score (nSPS) is 27.0. The first-order valence-corrected chi connectivity index (χ1v) is 5.08. The van der Waals surface area contributed by atoms with Crippen LogP contribution in [0.2, 0.25) is 0 Å². The van der Waals surface area contributed by atoms with Gasteiger partial charge in [-0.2, -0.15) is 0 Å². The van der Waals surface area contributed by atoms with Crippen molar-refractivity contribution in [3.8, 4) is 0 Å². The molecule has 1 saturated carbocycles. The molecule has 0 heterocycles. The van der Waals surface area contributed by atoms with Crippen molar-refractivity contribution in [1.82, 2.24) is 0 Å². The van der Waals surface area contributed by atoms with Crippen molar-refractivity contribution in [1.29, 1.82) is 0 Å². The third kappa shape index (κ3) is 1.73. The van der Waals surface area contributed by atoms with E-state index < -0.39 is 0 Å². The van der Waals surface area contributed by atoms with E-state index in [9.17, 15) is 5.11 Å². The standard InChI is InChI=1S/C13H16O/c1-9(2)11-8-12(11)13(14)10-6-4-3-5-7-10/h3-7,11-14H,1,8H2,2H3/t11-,12+,13+/m1/s1. The van der Waals surface area contributed by atoms with Crippen LogP contribution in [0, 0.1) is 11.8 Å². The smallest absolute Gasteiger partial charge is 0.0824 e. The molecule has 1 aromatic rings. The van der Waals surface area contributed by atoms with Gasteiger partial charge in [0.1, 0.15) is 0 Å². The molecule has 1 aromatic carbocycles. The Morgan fingerprint density at radius 2 is 2.07 bits per heavy atom. The summed E-state index contributed by atoms with van der Waals surface area (Å²) in [6.45, 7) is 5.98. The maximum atomic E-state index is 10.0. The molecule has 0 spiro atoms. The third-order valence-electron chi connectivity index (χ3n) is 3.02. The molecule has 74 valence electrons. The van der Waals surface area contributed by atoms with Crippen LogP contribution in [0.5, 0.6) is 0 Å². The van der Waals surface area contributed by atoms with Gasteiger partial charge in [-0.3, -0.25) is 0 Å². The van der Waals surface area contributed by atoms with Crippen molar-refractivity contribution >= 4 is 0 Å². The summed E-state index contributed by atoms with van der Waals surface area (Å²) in [6, 6.07) is 9.88. The van der Waals surface area contributed by atoms with Crippen molar-refractivity contribution < 1.29 is 5.11 Å². The average Bonchev–Trinajstić information content (AvgIpc) is 2.97. The minimum Gasteiger partial charge on any atom is -0.388 e. The van der Waals surface area contributed by atoms with Gasteiger partial charge in [0.05, 0.1) is 6.10 Å². The van der Waals surface area contributed by atoms with Gasteiger partial charge in [-0.05, 0) is 30.7 Å². The minimum atomic E-state index is -0.308. The molecule has 2 rings (SSSR count). The number of hydrogen-bond acceptors (Lipinski definition) is 1. The van der Waals surface area contributed by atoms with E-state index in [1.807, 2.05) is 37.3 Å². The molecule has 1 nitrogen and oxygen atoms in total. The largest absolute Gasteiger partial charge is 0.388 e. The fourth-order valence-electron chi connectivity index (χ4n) is 2.03. The van der Waals surface area contributed by atoms with Crippen molar-refractivity contribution in [2.45, 2.75) is 19.4 Å². The first-order valence-electron chi connectivity index (χ1n) is 5.08. The summed E-state index contributed by atoms with van der Waals surface area (Å²) in [5.41, 5.74) is 2.23. The fourth-order valence-corrected chi connectivity index (χ4v) is 2.03. The lowest BCUT2D eigenvalue weighted by Gasteiger charge is -2.10. The maximum absolute atomic E-state index is 10.0. The molecule has 1 N–H and O–H groups in total. The van der Waals surface area contributed by atoms with Gasteiger partial charge < -0.3 is 5.11 Å². The number of allylic oxidation sites excluding steroid dienone is 1. The summed E-state index contributed by atoms with van der Waals surface area (Å²) in [7, 11) is 0. The first-order chi connectivity index (χ1) is 6.70. The zero-order chi connectivity index (χ0) is 10.1. The second-order valence-electron chi connectivity index (χ2n) is 4.21. The van der Waals surface area contributed by atoms with E-state index in [1.165, 1.54) is 5.57 Å². The number of aliphatic hydroxyl groups is 1. The van der Waals surface area contributed by atoms with Gasteiger partial charge in [0.25, 0.3) is 0 Å². The van der Waals surface area contributed by atoms with E-state index in [0.29, 0.717) is 11.8 Å². The summed E-state index contributed by atoms with van der Waals surface area (Å²) in [5.74, 6) is 0.931. The van der Waals surface area contributed by atoms with Crippen molar-refractivity contribution in [3.05, 3.63) is 48.0 Å². The minimum absolute atomic E-state index is 0.308. The summed E-state index contributed by atoms with van der Waals surface area (Å²) in [5, 5.41) is 10.0. The number of aliphatic hydroxyl groups excluding tert-OH is 1. The Balaban J connectivity index is 2.05. The van der Waals surface area contributed by atoms with Crippen LogP contribution in [-0.4, -0.2) is 5.11 Å². The molecule has 1 heteroatoms. The molecule has 0 aromatic heterocycles. The highest BCUT2D eigenvalue weighted by molar-refractivity contribution is 5.22. The molecule has 0 aliphatic heterocycles. The Morgan fingerprint density at radius 1 is 1.43 bits per heavy atom. The van der Waals surface area contributed by atoms with Crippen LogP contribution in [-0.2, 0) is 0 Å². The molecular formula is C13H16O. The number of rotatable bonds is 3. The molecular weight excluding hydrogens is 172 g/mol. The summed E-state index contributed by atoms with van der Waals surface area (Å²) in [4.78, 5) is 0. The van der Waals surface area contributed by atoms with E-state index in [4.69, 9.17) is 0 Å². The van der Waals surface area contributed by atoms with Crippen LogP contribution >= 0.6 is 0 Å². The van der Waals surface area contributed by atoms with E-state index in [2.05, 4.69) is 6.58 Å². The highest BCUT2D eigenvalue weighted by Gasteiger charge is 2.42. The van der Waals surface area contributed by atoms with Crippen molar-refractivity contribution in [2.75, 3.05) is 0 Å². The monoisotopic (exact) mass is 188 g/mol. The van der Waals surface area contributed by atoms with Crippen molar-refractivity contribution in [3.63, 3.8) is 0 Å². The molecule has 1 aliphatic carbocycles. The quantitative estimate of drug-likeness (QED) is 0.723. The Kier molecular flexibility index (Phi) is 2.42. The predicted octanol–water partition coefficient (Wildman–Crippen LogP) is 2.93. The van der Waals surface area contributed by atoms with E-state index in [-0.39, 0.29) is 6.10 Å². The highest BCUT2D eigenvalue weighted by atomic mass is 16.3. The van der Waals surface area contributed by atoms with E-state index in [1.54, 1.807) is 0 Å². The zero-order valence-corrected chi connectivity index (χ0v) is 8.48. The molecule has 0 saturated heterocycles. The second-order valence-corrected chi connectivity index (χ2v) is 4.21. The molecule has 0 amide bonds. The molecule has 0 bridgehead atoms. The van der Waals surface area contributed by atoms with Crippen molar-refractivity contribution in [2.24, 2.45) is 11.8 Å². The number of hydrogen-bond donors (Lipinski definition) is 1. The Labute approximate surface area is 85.1 Å². The summed E-state index contributed by atoms with van der Waals surface area (Å²) >= 11 is 0. The highest BCUT2D eigenvalue weighted by Crippen LogP contribution is 2.50. The van der Waals surface area contributed by atoms with Gasteiger partial charge in [-0.1, -0.05) is 42.5 Å². The molecule has 3 atom stereocenters. The molecule has 14 heavy (non-hydrogen) atoms. The van der Waals surface area contributed by atoms with Crippen LogP contribution < -0.4 is 0 Å². The first kappa shape index (κ1) is 9.47. The Hall–Kier alpha value is -1.08. The van der Waals surface area contributed by atoms with E-state index >= 15 is 0 Å². The maximum Gasteiger partial charge on any atom is 0.0824 e. The Bertz CT molecular complexity index is 328. The van der Waals surface area contributed by atoms with Gasteiger partial charge in [0.15, 0.2) is 0 Å². The second kappa shape index (κ2) is 3.58. The van der Waals surface area contributed by atoms with E-state index in [0.717, 1.165) is 12.0 Å². The van der Waals surface area contributed by atoms with Crippen LogP contribution in [0.25, 0.3) is 0 Å². The lowest BCUT2D eigenvalue weighted by Crippen LogP contribution is -2.01. The average molecular weight is 188 g/mol. The third-order valence-corrected chi connectivity index (χ3v) is 3.02. The predicted molar refractivity (Wildman–Crippen MR) is 57.8 cm³/mol.